The predicted molar refractivity (Wildman–Crippen MR) is 66.3 cm³/mol. The molecular formula is C10H15NO3S2. The molecule has 0 saturated heterocycles. The highest BCUT2D eigenvalue weighted by Gasteiger charge is 2.20. The van der Waals surface area contributed by atoms with Gasteiger partial charge in [0, 0.05) is 19.3 Å². The number of benzene rings is 1. The quantitative estimate of drug-likeness (QED) is 0.870. The Hall–Kier alpha value is -0.720. The van der Waals surface area contributed by atoms with Crippen LogP contribution in [0.2, 0.25) is 0 Å². The number of phenols is 1. The predicted octanol–water partition coefficient (Wildman–Crippen LogP) is 1.38. The van der Waals surface area contributed by atoms with Crippen molar-refractivity contribution in [1.29, 1.82) is 0 Å². The highest BCUT2D eigenvalue weighted by Crippen LogP contribution is 2.19. The molecule has 0 aliphatic carbocycles. The van der Waals surface area contributed by atoms with Gasteiger partial charge in [0.1, 0.15) is 5.75 Å². The van der Waals surface area contributed by atoms with Crippen LogP contribution in [0.1, 0.15) is 0 Å². The van der Waals surface area contributed by atoms with E-state index in [1.165, 1.54) is 35.6 Å². The average molecular weight is 261 g/mol. The number of phenolic OH excluding ortho intramolecular Hbond substituents is 1. The van der Waals surface area contributed by atoms with E-state index in [9.17, 15) is 13.5 Å². The fourth-order valence-electron chi connectivity index (χ4n) is 1.16. The number of rotatable bonds is 5. The molecule has 0 radical (unpaired) electrons. The van der Waals surface area contributed by atoms with Crippen molar-refractivity contribution in [2.45, 2.75) is 4.90 Å². The molecule has 16 heavy (non-hydrogen) atoms. The van der Waals surface area contributed by atoms with E-state index in [-0.39, 0.29) is 10.6 Å². The molecular weight excluding hydrogens is 246 g/mol. The molecule has 0 spiro atoms. The Labute approximate surface area is 100 Å². The van der Waals surface area contributed by atoms with Crippen LogP contribution >= 0.6 is 11.8 Å². The minimum atomic E-state index is -3.47. The third kappa shape index (κ3) is 3.13. The first kappa shape index (κ1) is 13.3. The van der Waals surface area contributed by atoms with Crippen molar-refractivity contribution in [1.82, 2.24) is 4.31 Å². The lowest BCUT2D eigenvalue weighted by Gasteiger charge is -2.16. The number of sulfonamides is 1. The third-order valence-corrected chi connectivity index (χ3v) is 4.58. The normalized spacial score (nSPS) is 11.9. The first-order chi connectivity index (χ1) is 7.48. The van der Waals surface area contributed by atoms with Crippen molar-refractivity contribution in [2.75, 3.05) is 25.6 Å². The first-order valence-electron chi connectivity index (χ1n) is 4.73. The molecule has 1 rings (SSSR count). The van der Waals surface area contributed by atoms with Crippen molar-refractivity contribution >= 4 is 21.8 Å². The summed E-state index contributed by atoms with van der Waals surface area (Å²) in [6, 6.07) is 5.70. The smallest absolute Gasteiger partial charge is 0.242 e. The monoisotopic (exact) mass is 261 g/mol. The molecule has 0 unspecified atom stereocenters. The Kier molecular flexibility index (Phi) is 4.64. The molecule has 0 saturated carbocycles. The maximum atomic E-state index is 12.0. The van der Waals surface area contributed by atoms with E-state index < -0.39 is 10.0 Å². The third-order valence-electron chi connectivity index (χ3n) is 2.14. The summed E-state index contributed by atoms with van der Waals surface area (Å²) in [6.07, 6.45) is 1.93. The van der Waals surface area contributed by atoms with Gasteiger partial charge in [-0.05, 0) is 24.5 Å². The fraction of sp³-hybridized carbons (Fsp3) is 0.400. The molecule has 0 bridgehead atoms. The molecule has 1 aromatic rings. The molecule has 4 nitrogen and oxygen atoms in total. The van der Waals surface area contributed by atoms with Gasteiger partial charge in [-0.1, -0.05) is 6.07 Å². The zero-order valence-electron chi connectivity index (χ0n) is 9.25. The van der Waals surface area contributed by atoms with Gasteiger partial charge in [-0.15, -0.1) is 0 Å². The van der Waals surface area contributed by atoms with E-state index in [1.807, 2.05) is 6.26 Å². The van der Waals surface area contributed by atoms with Crippen LogP contribution in [-0.4, -0.2) is 43.4 Å². The summed E-state index contributed by atoms with van der Waals surface area (Å²) in [5, 5.41) is 9.25. The highest BCUT2D eigenvalue weighted by molar-refractivity contribution is 7.98. The molecule has 0 heterocycles. The van der Waals surface area contributed by atoms with E-state index in [4.69, 9.17) is 0 Å². The van der Waals surface area contributed by atoms with Gasteiger partial charge >= 0.3 is 0 Å². The van der Waals surface area contributed by atoms with Gasteiger partial charge in [0.15, 0.2) is 0 Å². The van der Waals surface area contributed by atoms with Gasteiger partial charge in [-0.3, -0.25) is 0 Å². The molecule has 90 valence electrons. The van der Waals surface area contributed by atoms with E-state index in [2.05, 4.69) is 0 Å². The summed E-state index contributed by atoms with van der Waals surface area (Å²) in [7, 11) is -1.94. The number of nitrogens with zero attached hydrogens (tertiary/aromatic N) is 1. The van der Waals surface area contributed by atoms with Gasteiger partial charge in [-0.2, -0.15) is 11.8 Å². The maximum Gasteiger partial charge on any atom is 0.242 e. The van der Waals surface area contributed by atoms with Gasteiger partial charge in [0.25, 0.3) is 0 Å². The molecule has 6 heteroatoms. The summed E-state index contributed by atoms with van der Waals surface area (Å²) in [4.78, 5) is 0.121. The zero-order chi connectivity index (χ0) is 12.2. The largest absolute Gasteiger partial charge is 0.508 e. The fourth-order valence-corrected chi connectivity index (χ4v) is 2.95. The van der Waals surface area contributed by atoms with Gasteiger partial charge in [-0.25, -0.2) is 12.7 Å². The van der Waals surface area contributed by atoms with Crippen LogP contribution in [0.4, 0.5) is 0 Å². The van der Waals surface area contributed by atoms with E-state index in [1.54, 1.807) is 11.8 Å². The van der Waals surface area contributed by atoms with E-state index in [0.29, 0.717) is 6.54 Å². The van der Waals surface area contributed by atoms with Crippen molar-refractivity contribution in [3.8, 4) is 5.75 Å². The zero-order valence-corrected chi connectivity index (χ0v) is 10.9. The minimum Gasteiger partial charge on any atom is -0.508 e. The second-order valence-corrected chi connectivity index (χ2v) is 6.35. The molecule has 0 aliphatic rings. The average Bonchev–Trinajstić information content (AvgIpc) is 2.25. The lowest BCUT2D eigenvalue weighted by molar-refractivity contribution is 0.469. The van der Waals surface area contributed by atoms with Gasteiger partial charge in [0.2, 0.25) is 10.0 Å². The summed E-state index contributed by atoms with van der Waals surface area (Å²) in [6.45, 7) is 0.457. The summed E-state index contributed by atoms with van der Waals surface area (Å²) in [5.74, 6) is 0.702. The Morgan fingerprint density at radius 3 is 2.69 bits per heavy atom. The SMILES string of the molecule is CSCCN(C)S(=O)(=O)c1cccc(O)c1. The first-order valence-corrected chi connectivity index (χ1v) is 7.56. The lowest BCUT2D eigenvalue weighted by Crippen LogP contribution is -2.29. The summed E-state index contributed by atoms with van der Waals surface area (Å²) in [5.41, 5.74) is 0. The molecule has 0 amide bonds. The van der Waals surface area contributed by atoms with Crippen LogP contribution in [0.5, 0.6) is 5.75 Å². The topological polar surface area (TPSA) is 57.6 Å². The van der Waals surface area contributed by atoms with Crippen molar-refractivity contribution in [3.05, 3.63) is 24.3 Å². The molecule has 0 fully saturated rings. The lowest BCUT2D eigenvalue weighted by atomic mass is 10.3. The van der Waals surface area contributed by atoms with Gasteiger partial charge in [0.05, 0.1) is 4.90 Å². The van der Waals surface area contributed by atoms with E-state index >= 15 is 0 Å². The summed E-state index contributed by atoms with van der Waals surface area (Å²) >= 11 is 1.59. The van der Waals surface area contributed by atoms with Gasteiger partial charge < -0.3 is 5.11 Å². The number of aromatic hydroxyl groups is 1. The maximum absolute atomic E-state index is 12.0. The van der Waals surface area contributed by atoms with Crippen LogP contribution in [0.25, 0.3) is 0 Å². The number of hydrogen-bond acceptors (Lipinski definition) is 4. The minimum absolute atomic E-state index is 0.0423. The molecule has 0 aromatic heterocycles. The van der Waals surface area contributed by atoms with Crippen LogP contribution in [-0.2, 0) is 10.0 Å². The van der Waals surface area contributed by atoms with Crippen molar-refractivity contribution in [2.24, 2.45) is 0 Å². The molecule has 0 aliphatic heterocycles. The second kappa shape index (κ2) is 5.56. The number of hydrogen-bond donors (Lipinski definition) is 1. The summed E-state index contributed by atoms with van der Waals surface area (Å²) < 4.78 is 25.3. The molecule has 1 N–H and O–H groups in total. The standard InChI is InChI=1S/C10H15NO3S2/c1-11(6-7-15-2)16(13,14)10-5-3-4-9(12)8-10/h3-5,8,12H,6-7H2,1-2H3. The van der Waals surface area contributed by atoms with Crippen LogP contribution in [0.15, 0.2) is 29.2 Å². The molecule has 1 aromatic carbocycles. The Balaban J connectivity index is 2.93. The highest BCUT2D eigenvalue weighted by atomic mass is 32.2. The Morgan fingerprint density at radius 2 is 2.12 bits per heavy atom. The van der Waals surface area contributed by atoms with Crippen LogP contribution < -0.4 is 0 Å². The number of thioether (sulfide) groups is 1. The Morgan fingerprint density at radius 1 is 1.44 bits per heavy atom. The van der Waals surface area contributed by atoms with Crippen LogP contribution in [0, 0.1) is 0 Å². The van der Waals surface area contributed by atoms with Crippen molar-refractivity contribution in [3.63, 3.8) is 0 Å². The second-order valence-electron chi connectivity index (χ2n) is 3.32. The Bertz CT molecular complexity index is 445. The molecule has 0 atom stereocenters. The van der Waals surface area contributed by atoms with Crippen molar-refractivity contribution < 1.29 is 13.5 Å². The van der Waals surface area contributed by atoms with Crippen LogP contribution in [0.3, 0.4) is 0 Å². The van der Waals surface area contributed by atoms with E-state index in [0.717, 1.165) is 5.75 Å².